The van der Waals surface area contributed by atoms with E-state index in [4.69, 9.17) is 4.74 Å². The van der Waals surface area contributed by atoms with Gasteiger partial charge in [0.2, 0.25) is 5.91 Å². The van der Waals surface area contributed by atoms with Gasteiger partial charge in [-0.05, 0) is 25.7 Å². The standard InChI is InChI=1S/C60H119NO5/c1-3-5-7-9-11-13-15-17-19-21-23-25-28-32-36-40-44-48-52-58(63)57(56-62)61-59(64)53-49-45-41-37-33-29-27-31-35-39-43-47-51-55-66-60(65)54-50-46-42-38-34-30-26-24-22-20-18-16-14-12-10-8-6-4-2/h57-58,62-63H,3-56H2,1-2H3,(H,61,64). The van der Waals surface area contributed by atoms with Gasteiger partial charge in [0.1, 0.15) is 0 Å². The van der Waals surface area contributed by atoms with Crippen LogP contribution in [0.3, 0.4) is 0 Å². The highest BCUT2D eigenvalue weighted by molar-refractivity contribution is 5.76. The molecule has 394 valence electrons. The van der Waals surface area contributed by atoms with E-state index >= 15 is 0 Å². The molecule has 3 N–H and O–H groups in total. The van der Waals surface area contributed by atoms with E-state index in [1.165, 1.54) is 263 Å². The van der Waals surface area contributed by atoms with Crippen LogP contribution in [0, 0.1) is 0 Å². The Labute approximate surface area is 413 Å². The molecule has 0 heterocycles. The van der Waals surface area contributed by atoms with Crippen LogP contribution in [0.1, 0.15) is 348 Å². The smallest absolute Gasteiger partial charge is 0.305 e. The van der Waals surface area contributed by atoms with Gasteiger partial charge in [-0.25, -0.2) is 0 Å². The first-order chi connectivity index (χ1) is 32.5. The number of hydrogen-bond donors (Lipinski definition) is 3. The molecule has 6 nitrogen and oxygen atoms in total. The van der Waals surface area contributed by atoms with Gasteiger partial charge in [0.05, 0.1) is 25.4 Å². The highest BCUT2D eigenvalue weighted by atomic mass is 16.5. The molecule has 66 heavy (non-hydrogen) atoms. The molecule has 0 bridgehead atoms. The Morgan fingerprint density at radius 2 is 0.621 bits per heavy atom. The molecule has 0 aromatic rings. The Hall–Kier alpha value is -1.14. The zero-order chi connectivity index (χ0) is 47.9. The van der Waals surface area contributed by atoms with Crippen LogP contribution in [0.5, 0.6) is 0 Å². The van der Waals surface area contributed by atoms with Gasteiger partial charge in [-0.15, -0.1) is 0 Å². The molecule has 0 aromatic heterocycles. The number of nitrogens with one attached hydrogen (secondary N) is 1. The lowest BCUT2D eigenvalue weighted by atomic mass is 10.0. The van der Waals surface area contributed by atoms with Crippen LogP contribution in [0.2, 0.25) is 0 Å². The van der Waals surface area contributed by atoms with Crippen molar-refractivity contribution in [3.63, 3.8) is 0 Å². The van der Waals surface area contributed by atoms with Crippen molar-refractivity contribution in [2.24, 2.45) is 0 Å². The Morgan fingerprint density at radius 3 is 0.924 bits per heavy atom. The minimum atomic E-state index is -0.672. The zero-order valence-corrected chi connectivity index (χ0v) is 45.0. The fourth-order valence-electron chi connectivity index (χ4n) is 9.76. The molecule has 0 aliphatic heterocycles. The van der Waals surface area contributed by atoms with Crippen LogP contribution in [0.25, 0.3) is 0 Å². The van der Waals surface area contributed by atoms with Crippen LogP contribution in [-0.2, 0) is 14.3 Å². The SMILES string of the molecule is CCCCCCCCCCCCCCCCCCCCC(=O)OCCCCCCCCCCCCCCCC(=O)NC(CO)C(O)CCCCCCCCCCCCCCCCCCCC. The summed E-state index contributed by atoms with van der Waals surface area (Å²) in [6.07, 6.45) is 65.2. The molecule has 2 atom stereocenters. The average molecular weight is 935 g/mol. The molecule has 0 aromatic carbocycles. The number of esters is 1. The maximum absolute atomic E-state index is 12.5. The van der Waals surface area contributed by atoms with Crippen molar-refractivity contribution >= 4 is 11.9 Å². The quantitative estimate of drug-likeness (QED) is 0.0417. The third-order valence-electron chi connectivity index (χ3n) is 14.4. The first kappa shape index (κ1) is 64.9. The lowest BCUT2D eigenvalue weighted by Gasteiger charge is -2.22. The van der Waals surface area contributed by atoms with Crippen LogP contribution >= 0.6 is 0 Å². The highest BCUT2D eigenvalue weighted by Gasteiger charge is 2.20. The number of aliphatic hydroxyl groups excluding tert-OH is 2. The van der Waals surface area contributed by atoms with Gasteiger partial charge in [-0.1, -0.05) is 309 Å². The second kappa shape index (κ2) is 56.4. The Morgan fingerprint density at radius 1 is 0.364 bits per heavy atom. The summed E-state index contributed by atoms with van der Waals surface area (Å²) in [4.78, 5) is 24.6. The molecule has 2 unspecified atom stereocenters. The average Bonchev–Trinajstić information content (AvgIpc) is 3.32. The number of unbranched alkanes of at least 4 members (excludes halogenated alkanes) is 46. The van der Waals surface area contributed by atoms with E-state index in [1.807, 2.05) is 0 Å². The lowest BCUT2D eigenvalue weighted by molar-refractivity contribution is -0.143. The number of carbonyl (C=O) groups is 2. The number of hydrogen-bond acceptors (Lipinski definition) is 5. The van der Waals surface area contributed by atoms with E-state index in [-0.39, 0.29) is 18.5 Å². The third-order valence-corrected chi connectivity index (χ3v) is 14.4. The first-order valence-corrected chi connectivity index (χ1v) is 30.3. The summed E-state index contributed by atoms with van der Waals surface area (Å²) in [5, 5.41) is 23.3. The minimum absolute atomic E-state index is 0.000322. The van der Waals surface area contributed by atoms with E-state index in [1.54, 1.807) is 0 Å². The van der Waals surface area contributed by atoms with Crippen LogP contribution < -0.4 is 5.32 Å². The molecule has 0 fully saturated rings. The fraction of sp³-hybridized carbons (Fsp3) is 0.967. The maximum Gasteiger partial charge on any atom is 0.305 e. The summed E-state index contributed by atoms with van der Waals surface area (Å²) in [6, 6.07) is -0.550. The van der Waals surface area contributed by atoms with Crippen molar-refractivity contribution < 1.29 is 24.5 Å². The monoisotopic (exact) mass is 934 g/mol. The molecule has 1 amide bonds. The normalized spacial score (nSPS) is 12.5. The summed E-state index contributed by atoms with van der Waals surface area (Å²) in [5.74, 6) is -0.0432. The lowest BCUT2D eigenvalue weighted by Crippen LogP contribution is -2.45. The number of amides is 1. The fourth-order valence-corrected chi connectivity index (χ4v) is 9.76. The van der Waals surface area contributed by atoms with Crippen molar-refractivity contribution in [3.8, 4) is 0 Å². The number of ether oxygens (including phenoxy) is 1. The van der Waals surface area contributed by atoms with Crippen LogP contribution in [0.4, 0.5) is 0 Å². The molecular weight excluding hydrogens is 815 g/mol. The zero-order valence-electron chi connectivity index (χ0n) is 45.0. The second-order valence-corrected chi connectivity index (χ2v) is 21.1. The Balaban J connectivity index is 3.41. The second-order valence-electron chi connectivity index (χ2n) is 21.1. The third kappa shape index (κ3) is 52.2. The van der Waals surface area contributed by atoms with E-state index in [0.717, 1.165) is 51.4 Å². The number of rotatable bonds is 57. The summed E-state index contributed by atoms with van der Waals surface area (Å²) in [6.45, 7) is 4.96. The van der Waals surface area contributed by atoms with Crippen LogP contribution in [-0.4, -0.2) is 47.4 Å². The summed E-state index contributed by atoms with van der Waals surface area (Å²) < 4.78 is 5.49. The maximum atomic E-state index is 12.5. The molecule has 0 aliphatic rings. The van der Waals surface area contributed by atoms with E-state index in [2.05, 4.69) is 19.2 Å². The van der Waals surface area contributed by atoms with Gasteiger partial charge in [-0.2, -0.15) is 0 Å². The van der Waals surface area contributed by atoms with Gasteiger partial charge in [0.15, 0.2) is 0 Å². The Kier molecular flexibility index (Phi) is 55.5. The molecule has 0 saturated heterocycles. The first-order valence-electron chi connectivity index (χ1n) is 30.3. The molecule has 0 radical (unpaired) electrons. The van der Waals surface area contributed by atoms with Crippen molar-refractivity contribution in [3.05, 3.63) is 0 Å². The largest absolute Gasteiger partial charge is 0.466 e. The van der Waals surface area contributed by atoms with Crippen molar-refractivity contribution in [2.45, 2.75) is 360 Å². The van der Waals surface area contributed by atoms with Gasteiger partial charge < -0.3 is 20.3 Å². The molecule has 0 aliphatic carbocycles. The van der Waals surface area contributed by atoms with Crippen molar-refractivity contribution in [1.29, 1.82) is 0 Å². The summed E-state index contributed by atoms with van der Waals surface area (Å²) in [7, 11) is 0. The van der Waals surface area contributed by atoms with Gasteiger partial charge in [0, 0.05) is 12.8 Å². The molecule has 0 spiro atoms. The van der Waals surface area contributed by atoms with E-state index in [0.29, 0.717) is 25.9 Å². The van der Waals surface area contributed by atoms with E-state index in [9.17, 15) is 19.8 Å². The van der Waals surface area contributed by atoms with Gasteiger partial charge in [-0.3, -0.25) is 9.59 Å². The topological polar surface area (TPSA) is 95.9 Å². The predicted octanol–water partition coefficient (Wildman–Crippen LogP) is 18.7. The summed E-state index contributed by atoms with van der Waals surface area (Å²) >= 11 is 0. The van der Waals surface area contributed by atoms with Crippen LogP contribution in [0.15, 0.2) is 0 Å². The molecular formula is C60H119NO5. The number of carbonyl (C=O) groups excluding carboxylic acids is 2. The molecule has 0 saturated carbocycles. The van der Waals surface area contributed by atoms with Crippen molar-refractivity contribution in [2.75, 3.05) is 13.2 Å². The highest BCUT2D eigenvalue weighted by Crippen LogP contribution is 2.18. The minimum Gasteiger partial charge on any atom is -0.466 e. The van der Waals surface area contributed by atoms with Gasteiger partial charge >= 0.3 is 5.97 Å². The van der Waals surface area contributed by atoms with Crippen molar-refractivity contribution in [1.82, 2.24) is 5.32 Å². The predicted molar refractivity (Wildman–Crippen MR) is 287 cm³/mol. The van der Waals surface area contributed by atoms with Gasteiger partial charge in [0.25, 0.3) is 0 Å². The Bertz CT molecular complexity index is 944. The van der Waals surface area contributed by atoms with E-state index < -0.39 is 12.1 Å². The number of aliphatic hydroxyl groups is 2. The summed E-state index contributed by atoms with van der Waals surface area (Å²) in [5.41, 5.74) is 0. The molecule has 0 rings (SSSR count). The molecule has 6 heteroatoms.